The van der Waals surface area contributed by atoms with Crippen LogP contribution in [0.25, 0.3) is 0 Å². The average Bonchev–Trinajstić information content (AvgIpc) is 3.23. The van der Waals surface area contributed by atoms with Crippen LogP contribution >= 0.6 is 0 Å². The molecule has 0 saturated carbocycles. The Kier molecular flexibility index (Phi) is 6.13. The van der Waals surface area contributed by atoms with E-state index in [0.29, 0.717) is 38.5 Å². The molecule has 148 valence electrons. The van der Waals surface area contributed by atoms with Gasteiger partial charge in [0.15, 0.2) is 5.76 Å². The number of hydrogen-bond acceptors (Lipinski definition) is 4. The van der Waals surface area contributed by atoms with Crippen molar-refractivity contribution in [2.24, 2.45) is 0 Å². The Hall–Kier alpha value is -3.09. The summed E-state index contributed by atoms with van der Waals surface area (Å²) in [6.45, 7) is 5.71. The molecule has 1 aliphatic heterocycles. The number of carbonyl (C=O) groups is 3. The molecular formula is C21H25N3O4. The molecule has 7 nitrogen and oxygen atoms in total. The third kappa shape index (κ3) is 4.79. The molecule has 1 aliphatic rings. The van der Waals surface area contributed by atoms with Crippen LogP contribution in [0.1, 0.15) is 28.6 Å². The Balaban J connectivity index is 1.54. The zero-order chi connectivity index (χ0) is 20.1. The number of nitrogens with zero attached hydrogens (tertiary/aromatic N) is 3. The van der Waals surface area contributed by atoms with Crippen molar-refractivity contribution in [3.63, 3.8) is 0 Å². The highest BCUT2D eigenvalue weighted by molar-refractivity contribution is 5.91. The van der Waals surface area contributed by atoms with Crippen molar-refractivity contribution in [3.8, 4) is 0 Å². The van der Waals surface area contributed by atoms with Gasteiger partial charge in [0.05, 0.1) is 6.26 Å². The minimum atomic E-state index is -0.165. The maximum absolute atomic E-state index is 12.7. The Bertz CT molecular complexity index is 822. The molecule has 2 heterocycles. The second-order valence-electron chi connectivity index (χ2n) is 7.01. The van der Waals surface area contributed by atoms with Gasteiger partial charge in [-0.05, 0) is 24.6 Å². The average molecular weight is 383 g/mol. The molecule has 1 aromatic heterocycles. The first-order valence-electron chi connectivity index (χ1n) is 9.35. The number of amides is 3. The minimum Gasteiger partial charge on any atom is -0.459 e. The molecule has 2 aromatic rings. The van der Waals surface area contributed by atoms with Crippen LogP contribution in [0.4, 0.5) is 0 Å². The molecule has 0 radical (unpaired) electrons. The van der Waals surface area contributed by atoms with E-state index in [1.807, 2.05) is 31.2 Å². The van der Waals surface area contributed by atoms with Crippen LogP contribution in [-0.4, -0.2) is 65.1 Å². The molecular weight excluding hydrogens is 358 g/mol. The number of aryl methyl sites for hydroxylation is 1. The van der Waals surface area contributed by atoms with E-state index in [2.05, 4.69) is 0 Å². The third-order valence-electron chi connectivity index (χ3n) is 4.92. The first kappa shape index (κ1) is 19.7. The Labute approximate surface area is 164 Å². The summed E-state index contributed by atoms with van der Waals surface area (Å²) in [6.07, 6.45) is 1.47. The molecule has 1 aromatic carbocycles. The van der Waals surface area contributed by atoms with Gasteiger partial charge < -0.3 is 19.1 Å². The topological polar surface area (TPSA) is 74.1 Å². The minimum absolute atomic E-state index is 0.0370. The molecule has 1 fully saturated rings. The lowest BCUT2D eigenvalue weighted by Crippen LogP contribution is -2.52. The molecule has 0 bridgehead atoms. The Morgan fingerprint density at radius 2 is 1.64 bits per heavy atom. The van der Waals surface area contributed by atoms with Gasteiger partial charge in [0, 0.05) is 39.6 Å². The molecule has 0 N–H and O–H groups in total. The summed E-state index contributed by atoms with van der Waals surface area (Å²) < 4.78 is 5.15. The SMILES string of the molecule is CC(=O)N(CC(=O)N1CCN(C(=O)c2ccco2)CC1)Cc1ccc(C)cc1. The van der Waals surface area contributed by atoms with Gasteiger partial charge in [0.25, 0.3) is 5.91 Å². The quantitative estimate of drug-likeness (QED) is 0.791. The molecule has 3 amide bonds. The maximum Gasteiger partial charge on any atom is 0.289 e. The van der Waals surface area contributed by atoms with Crippen molar-refractivity contribution in [1.29, 1.82) is 0 Å². The monoisotopic (exact) mass is 383 g/mol. The summed E-state index contributed by atoms with van der Waals surface area (Å²) in [5, 5.41) is 0. The molecule has 0 atom stereocenters. The fourth-order valence-corrected chi connectivity index (χ4v) is 3.17. The van der Waals surface area contributed by atoms with Crippen molar-refractivity contribution in [3.05, 3.63) is 59.5 Å². The van der Waals surface area contributed by atoms with E-state index in [1.165, 1.54) is 13.2 Å². The standard InChI is InChI=1S/C21H25N3O4/c1-16-5-7-18(8-6-16)14-24(17(2)25)15-20(26)22-9-11-23(12-10-22)21(27)19-4-3-13-28-19/h3-8,13H,9-12,14-15H2,1-2H3. The zero-order valence-electron chi connectivity index (χ0n) is 16.3. The van der Waals surface area contributed by atoms with Gasteiger partial charge in [-0.25, -0.2) is 0 Å². The van der Waals surface area contributed by atoms with Crippen molar-refractivity contribution in [2.75, 3.05) is 32.7 Å². The normalized spacial score (nSPS) is 14.1. The smallest absolute Gasteiger partial charge is 0.289 e. The van der Waals surface area contributed by atoms with E-state index in [9.17, 15) is 14.4 Å². The van der Waals surface area contributed by atoms with Crippen molar-refractivity contribution in [2.45, 2.75) is 20.4 Å². The van der Waals surface area contributed by atoms with Crippen LogP contribution in [0.5, 0.6) is 0 Å². The summed E-state index contributed by atoms with van der Waals surface area (Å²) in [5.41, 5.74) is 2.14. The van der Waals surface area contributed by atoms with Gasteiger partial charge >= 0.3 is 0 Å². The number of piperazine rings is 1. The molecule has 0 aliphatic carbocycles. The van der Waals surface area contributed by atoms with E-state index >= 15 is 0 Å². The second-order valence-corrected chi connectivity index (χ2v) is 7.01. The summed E-state index contributed by atoms with van der Waals surface area (Å²) in [6, 6.07) is 11.2. The van der Waals surface area contributed by atoms with Crippen LogP contribution in [0.15, 0.2) is 47.1 Å². The fraction of sp³-hybridized carbons (Fsp3) is 0.381. The van der Waals surface area contributed by atoms with Crippen LogP contribution in [0, 0.1) is 6.92 Å². The van der Waals surface area contributed by atoms with Gasteiger partial charge in [-0.15, -0.1) is 0 Å². The van der Waals surface area contributed by atoms with Crippen LogP contribution < -0.4 is 0 Å². The third-order valence-corrected chi connectivity index (χ3v) is 4.92. The van der Waals surface area contributed by atoms with Gasteiger partial charge in [-0.3, -0.25) is 14.4 Å². The Morgan fingerprint density at radius 3 is 2.21 bits per heavy atom. The molecule has 1 saturated heterocycles. The number of rotatable bonds is 5. The van der Waals surface area contributed by atoms with Gasteiger partial charge in [-0.1, -0.05) is 29.8 Å². The lowest BCUT2D eigenvalue weighted by atomic mass is 10.1. The Morgan fingerprint density at radius 1 is 1.00 bits per heavy atom. The number of benzene rings is 1. The van der Waals surface area contributed by atoms with E-state index in [1.54, 1.807) is 26.8 Å². The summed E-state index contributed by atoms with van der Waals surface area (Å²) in [7, 11) is 0. The van der Waals surface area contributed by atoms with Gasteiger partial charge in [-0.2, -0.15) is 0 Å². The van der Waals surface area contributed by atoms with Crippen LogP contribution in [0.2, 0.25) is 0 Å². The summed E-state index contributed by atoms with van der Waals surface area (Å²) in [5.74, 6) is -0.101. The first-order valence-corrected chi connectivity index (χ1v) is 9.35. The molecule has 3 rings (SSSR count). The van der Waals surface area contributed by atoms with Crippen molar-refractivity contribution < 1.29 is 18.8 Å². The fourth-order valence-electron chi connectivity index (χ4n) is 3.17. The van der Waals surface area contributed by atoms with Crippen molar-refractivity contribution >= 4 is 17.7 Å². The number of hydrogen-bond donors (Lipinski definition) is 0. The van der Waals surface area contributed by atoms with Crippen molar-refractivity contribution in [1.82, 2.24) is 14.7 Å². The van der Waals surface area contributed by atoms with Crippen LogP contribution in [-0.2, 0) is 16.1 Å². The highest BCUT2D eigenvalue weighted by Crippen LogP contribution is 2.11. The van der Waals surface area contributed by atoms with E-state index < -0.39 is 0 Å². The van der Waals surface area contributed by atoms with E-state index in [-0.39, 0.29) is 24.3 Å². The number of furan rings is 1. The maximum atomic E-state index is 12.7. The summed E-state index contributed by atoms with van der Waals surface area (Å²) >= 11 is 0. The predicted molar refractivity (Wildman–Crippen MR) is 103 cm³/mol. The lowest BCUT2D eigenvalue weighted by Gasteiger charge is -2.35. The molecule has 0 unspecified atom stereocenters. The molecule has 7 heteroatoms. The highest BCUT2D eigenvalue weighted by atomic mass is 16.3. The zero-order valence-corrected chi connectivity index (χ0v) is 16.3. The number of carbonyl (C=O) groups excluding carboxylic acids is 3. The van der Waals surface area contributed by atoms with E-state index in [4.69, 9.17) is 4.42 Å². The van der Waals surface area contributed by atoms with Gasteiger partial charge in [0.1, 0.15) is 6.54 Å². The molecule has 0 spiro atoms. The van der Waals surface area contributed by atoms with Gasteiger partial charge in [0.2, 0.25) is 11.8 Å². The highest BCUT2D eigenvalue weighted by Gasteiger charge is 2.27. The van der Waals surface area contributed by atoms with Crippen LogP contribution in [0.3, 0.4) is 0 Å². The lowest BCUT2D eigenvalue weighted by molar-refractivity contribution is -0.140. The second kappa shape index (κ2) is 8.73. The predicted octanol–water partition coefficient (Wildman–Crippen LogP) is 1.92. The summed E-state index contributed by atoms with van der Waals surface area (Å²) in [4.78, 5) is 41.9. The largest absolute Gasteiger partial charge is 0.459 e. The molecule has 28 heavy (non-hydrogen) atoms. The first-order chi connectivity index (χ1) is 13.4. The van der Waals surface area contributed by atoms with E-state index in [0.717, 1.165) is 11.1 Å².